The summed E-state index contributed by atoms with van der Waals surface area (Å²) in [6.07, 6.45) is -0.821. The highest BCUT2D eigenvalue weighted by molar-refractivity contribution is 5.72. The highest BCUT2D eigenvalue weighted by atomic mass is 16.6. The van der Waals surface area contributed by atoms with Gasteiger partial charge in [0.2, 0.25) is 0 Å². The van der Waals surface area contributed by atoms with Crippen LogP contribution in [0.1, 0.15) is 48.0 Å². The number of rotatable bonds is 1. The number of carbonyl (C=O) groups excluding carboxylic acids is 2. The van der Waals surface area contributed by atoms with Crippen molar-refractivity contribution in [1.82, 2.24) is 10.2 Å². The Morgan fingerprint density at radius 1 is 1.14 bits per heavy atom. The highest BCUT2D eigenvalue weighted by Gasteiger charge is 2.43. The van der Waals surface area contributed by atoms with E-state index in [1.807, 2.05) is 0 Å². The summed E-state index contributed by atoms with van der Waals surface area (Å²) in [6, 6.07) is 2.08. The van der Waals surface area contributed by atoms with Gasteiger partial charge in [-0.15, -0.1) is 0 Å². The van der Waals surface area contributed by atoms with Gasteiger partial charge in [-0.25, -0.2) is 9.59 Å². The van der Waals surface area contributed by atoms with Gasteiger partial charge in [-0.05, 0) is 41.5 Å². The SMILES string of the molecule is CC(C)(C)OC(=O)NC1(C#N)CCN(C(=O)OC(C)(C)C)C1. The number of hydrogen-bond donors (Lipinski definition) is 1. The molecule has 0 saturated carbocycles. The summed E-state index contributed by atoms with van der Waals surface area (Å²) in [7, 11) is 0. The summed E-state index contributed by atoms with van der Waals surface area (Å²) < 4.78 is 10.4. The van der Waals surface area contributed by atoms with Gasteiger partial charge in [0.15, 0.2) is 0 Å². The first-order valence-electron chi connectivity index (χ1n) is 7.26. The van der Waals surface area contributed by atoms with Crippen LogP contribution in [0.3, 0.4) is 0 Å². The predicted molar refractivity (Wildman–Crippen MR) is 80.1 cm³/mol. The maximum absolute atomic E-state index is 12.0. The summed E-state index contributed by atoms with van der Waals surface area (Å²) in [5, 5.41) is 12.0. The molecule has 0 aromatic carbocycles. The fourth-order valence-corrected chi connectivity index (χ4v) is 2.01. The fraction of sp³-hybridized carbons (Fsp3) is 0.800. The van der Waals surface area contributed by atoms with Crippen molar-refractivity contribution in [3.05, 3.63) is 0 Å². The van der Waals surface area contributed by atoms with E-state index in [2.05, 4.69) is 11.4 Å². The summed E-state index contributed by atoms with van der Waals surface area (Å²) in [5.41, 5.74) is -2.39. The van der Waals surface area contributed by atoms with Gasteiger partial charge >= 0.3 is 12.2 Å². The van der Waals surface area contributed by atoms with Gasteiger partial charge in [-0.3, -0.25) is 0 Å². The van der Waals surface area contributed by atoms with Crippen LogP contribution < -0.4 is 5.32 Å². The fourth-order valence-electron chi connectivity index (χ4n) is 2.01. The largest absolute Gasteiger partial charge is 0.444 e. The van der Waals surface area contributed by atoms with E-state index in [-0.39, 0.29) is 6.54 Å². The smallest absolute Gasteiger partial charge is 0.410 e. The maximum Gasteiger partial charge on any atom is 0.410 e. The van der Waals surface area contributed by atoms with Gasteiger partial charge < -0.3 is 19.7 Å². The Bertz CT molecular complexity index is 484. The molecular formula is C15H25N3O4. The van der Waals surface area contributed by atoms with Crippen LogP contribution >= 0.6 is 0 Å². The normalized spacial score (nSPS) is 22.0. The van der Waals surface area contributed by atoms with Crippen molar-refractivity contribution in [2.75, 3.05) is 13.1 Å². The second kappa shape index (κ2) is 6.03. The lowest BCUT2D eigenvalue weighted by Gasteiger charge is -2.27. The van der Waals surface area contributed by atoms with E-state index in [9.17, 15) is 14.9 Å². The lowest BCUT2D eigenvalue weighted by atomic mass is 10.0. The standard InChI is InChI=1S/C15H25N3O4/c1-13(2,3)21-11(19)17-15(9-16)7-8-18(10-15)12(20)22-14(4,5)6/h7-8,10H2,1-6H3,(H,17,19). The third-order valence-corrected chi connectivity index (χ3v) is 2.88. The summed E-state index contributed by atoms with van der Waals surface area (Å²) in [4.78, 5) is 25.3. The average molecular weight is 311 g/mol. The Morgan fingerprint density at radius 2 is 1.68 bits per heavy atom. The molecule has 1 N–H and O–H groups in total. The summed E-state index contributed by atoms with van der Waals surface area (Å²) in [5.74, 6) is 0. The Hall–Kier alpha value is -1.97. The highest BCUT2D eigenvalue weighted by Crippen LogP contribution is 2.23. The van der Waals surface area contributed by atoms with E-state index in [1.165, 1.54) is 4.90 Å². The van der Waals surface area contributed by atoms with E-state index in [0.29, 0.717) is 13.0 Å². The second-order valence-corrected chi connectivity index (χ2v) is 7.47. The number of hydrogen-bond acceptors (Lipinski definition) is 5. The minimum absolute atomic E-state index is 0.0810. The quantitative estimate of drug-likeness (QED) is 0.803. The van der Waals surface area contributed by atoms with Crippen LogP contribution in [-0.2, 0) is 9.47 Å². The minimum Gasteiger partial charge on any atom is -0.444 e. The summed E-state index contributed by atoms with van der Waals surface area (Å²) in [6.45, 7) is 11.0. The van der Waals surface area contributed by atoms with E-state index >= 15 is 0 Å². The average Bonchev–Trinajstić information content (AvgIpc) is 2.69. The molecule has 1 heterocycles. The van der Waals surface area contributed by atoms with Crippen LogP contribution in [0.4, 0.5) is 9.59 Å². The zero-order valence-corrected chi connectivity index (χ0v) is 14.1. The zero-order valence-electron chi connectivity index (χ0n) is 14.1. The van der Waals surface area contributed by atoms with Crippen molar-refractivity contribution in [2.24, 2.45) is 0 Å². The third-order valence-electron chi connectivity index (χ3n) is 2.88. The molecule has 22 heavy (non-hydrogen) atoms. The number of nitriles is 1. The van der Waals surface area contributed by atoms with E-state index < -0.39 is 28.9 Å². The summed E-state index contributed by atoms with van der Waals surface area (Å²) >= 11 is 0. The van der Waals surface area contributed by atoms with Crippen LogP contribution in [0.2, 0.25) is 0 Å². The Balaban J connectivity index is 2.69. The lowest BCUT2D eigenvalue weighted by molar-refractivity contribution is 0.0273. The zero-order chi connectivity index (χ0) is 17.2. The van der Waals surface area contributed by atoms with Crippen LogP contribution in [-0.4, -0.2) is 46.9 Å². The molecule has 0 aromatic heterocycles. The van der Waals surface area contributed by atoms with Gasteiger partial charge in [0.1, 0.15) is 16.7 Å². The van der Waals surface area contributed by atoms with Crippen molar-refractivity contribution in [1.29, 1.82) is 5.26 Å². The van der Waals surface area contributed by atoms with Gasteiger partial charge in [0.25, 0.3) is 0 Å². The molecule has 1 rings (SSSR count). The number of ether oxygens (including phenoxy) is 2. The number of likely N-dealkylation sites (tertiary alicyclic amines) is 1. The van der Waals surface area contributed by atoms with E-state index in [0.717, 1.165) is 0 Å². The number of carbonyl (C=O) groups is 2. The topological polar surface area (TPSA) is 91.7 Å². The lowest BCUT2D eigenvalue weighted by Crippen LogP contribution is -2.51. The molecule has 0 aliphatic carbocycles. The Kier molecular flexibility index (Phi) is 4.96. The first-order valence-corrected chi connectivity index (χ1v) is 7.26. The Morgan fingerprint density at radius 3 is 2.14 bits per heavy atom. The van der Waals surface area contributed by atoms with E-state index in [1.54, 1.807) is 41.5 Å². The van der Waals surface area contributed by atoms with Crippen LogP contribution in [0.5, 0.6) is 0 Å². The molecule has 0 spiro atoms. The molecule has 0 radical (unpaired) electrons. The third kappa shape index (κ3) is 5.43. The van der Waals surface area contributed by atoms with Crippen molar-refractivity contribution in [2.45, 2.75) is 64.7 Å². The first-order chi connectivity index (χ1) is 9.86. The van der Waals surface area contributed by atoms with Crippen LogP contribution in [0.25, 0.3) is 0 Å². The number of alkyl carbamates (subject to hydrolysis) is 1. The van der Waals surface area contributed by atoms with Crippen LogP contribution in [0.15, 0.2) is 0 Å². The van der Waals surface area contributed by atoms with Crippen molar-refractivity contribution >= 4 is 12.2 Å². The van der Waals surface area contributed by atoms with Gasteiger partial charge in [0.05, 0.1) is 12.6 Å². The molecule has 7 nitrogen and oxygen atoms in total. The predicted octanol–water partition coefficient (Wildman–Crippen LogP) is 2.41. The Labute approximate surface area is 131 Å². The maximum atomic E-state index is 12.0. The minimum atomic E-state index is -1.14. The molecule has 1 atom stereocenters. The monoisotopic (exact) mass is 311 g/mol. The first kappa shape index (κ1) is 18.1. The number of nitrogens with zero attached hydrogens (tertiary/aromatic N) is 2. The molecule has 0 bridgehead atoms. The molecular weight excluding hydrogens is 286 g/mol. The van der Waals surface area contributed by atoms with E-state index in [4.69, 9.17) is 9.47 Å². The second-order valence-electron chi connectivity index (χ2n) is 7.47. The van der Waals surface area contributed by atoms with Crippen molar-refractivity contribution < 1.29 is 19.1 Å². The molecule has 1 unspecified atom stereocenters. The molecule has 2 amide bonds. The van der Waals surface area contributed by atoms with Crippen LogP contribution in [0, 0.1) is 11.3 Å². The number of nitrogens with one attached hydrogen (secondary N) is 1. The molecule has 1 aliphatic heterocycles. The van der Waals surface area contributed by atoms with Crippen molar-refractivity contribution in [3.63, 3.8) is 0 Å². The number of amides is 2. The molecule has 1 saturated heterocycles. The molecule has 124 valence electrons. The molecule has 7 heteroatoms. The molecule has 1 fully saturated rings. The molecule has 1 aliphatic rings. The molecule has 0 aromatic rings. The van der Waals surface area contributed by atoms with Gasteiger partial charge in [0, 0.05) is 13.0 Å². The van der Waals surface area contributed by atoms with Gasteiger partial charge in [-0.2, -0.15) is 5.26 Å². The van der Waals surface area contributed by atoms with Gasteiger partial charge in [-0.1, -0.05) is 0 Å². The van der Waals surface area contributed by atoms with Crippen molar-refractivity contribution in [3.8, 4) is 6.07 Å².